The van der Waals surface area contributed by atoms with Gasteiger partial charge in [-0.05, 0) is 53.8 Å². The van der Waals surface area contributed by atoms with E-state index in [2.05, 4.69) is 20.2 Å². The number of fused-ring (bicyclic) bond motifs is 5. The van der Waals surface area contributed by atoms with Crippen molar-refractivity contribution in [3.63, 3.8) is 0 Å². The van der Waals surface area contributed by atoms with Gasteiger partial charge in [0.2, 0.25) is 15.9 Å². The van der Waals surface area contributed by atoms with Crippen LogP contribution in [0.15, 0.2) is 53.5 Å². The second-order valence-corrected chi connectivity index (χ2v) is 16.9. The summed E-state index contributed by atoms with van der Waals surface area (Å²) in [4.78, 5) is 20.2. The number of aliphatic imine (C=N–C) groups is 1. The minimum atomic E-state index is -3.87. The summed E-state index contributed by atoms with van der Waals surface area (Å²) >= 11 is 6.59. The molecule has 8 rings (SSSR count). The molecule has 11 nitrogen and oxygen atoms in total. The molecule has 5 aromatic rings. The number of carbonyl (C=O) groups excluding carboxylic acids is 1. The highest BCUT2D eigenvalue weighted by atomic mass is 35.5. The monoisotopic (exact) mass is 854 g/mol. The van der Waals surface area contributed by atoms with Crippen LogP contribution < -0.4 is 14.9 Å². The van der Waals surface area contributed by atoms with Gasteiger partial charge >= 0.3 is 0 Å². The second kappa shape index (κ2) is 13.7. The molecule has 0 unspecified atom stereocenters. The number of alkyl halides is 6. The van der Waals surface area contributed by atoms with Gasteiger partial charge in [-0.1, -0.05) is 23.7 Å². The lowest BCUT2D eigenvalue weighted by molar-refractivity contribution is -0.122. The average molecular weight is 855 g/mol. The number of anilines is 2. The predicted molar refractivity (Wildman–Crippen MR) is 197 cm³/mol. The number of benzene rings is 3. The normalized spacial score (nSPS) is 18.8. The van der Waals surface area contributed by atoms with Gasteiger partial charge in [-0.25, -0.2) is 39.8 Å². The van der Waals surface area contributed by atoms with E-state index in [0.29, 0.717) is 23.2 Å². The maximum Gasteiger partial charge on any atom is 0.293 e. The van der Waals surface area contributed by atoms with E-state index in [1.54, 1.807) is 0 Å². The van der Waals surface area contributed by atoms with Crippen LogP contribution in [0, 0.1) is 17.6 Å². The van der Waals surface area contributed by atoms with Gasteiger partial charge in [-0.15, -0.1) is 0 Å². The number of nitrogens with one attached hydrogen (secondary N) is 2. The maximum absolute atomic E-state index is 15.4. The molecule has 1 fully saturated rings. The van der Waals surface area contributed by atoms with Gasteiger partial charge in [0.1, 0.15) is 35.4 Å². The molecule has 2 N–H and O–H groups in total. The van der Waals surface area contributed by atoms with Crippen LogP contribution in [0.3, 0.4) is 0 Å². The summed E-state index contributed by atoms with van der Waals surface area (Å²) in [5.74, 6) is -12.1. The van der Waals surface area contributed by atoms with Crippen molar-refractivity contribution >= 4 is 61.5 Å². The molecule has 3 heterocycles. The molecule has 2 aliphatic carbocycles. The van der Waals surface area contributed by atoms with Gasteiger partial charge in [-0.2, -0.15) is 19.0 Å². The lowest BCUT2D eigenvalue weighted by Gasteiger charge is -2.36. The van der Waals surface area contributed by atoms with Crippen molar-refractivity contribution in [1.82, 2.24) is 24.9 Å². The molecule has 2 aromatic heterocycles. The summed E-state index contributed by atoms with van der Waals surface area (Å²) < 4.78 is 146. The van der Waals surface area contributed by atoms with Gasteiger partial charge < -0.3 is 10.2 Å². The summed E-state index contributed by atoms with van der Waals surface area (Å²) in [5, 5.41) is 10.9. The average Bonchev–Trinajstić information content (AvgIpc) is 3.65. The Labute approximate surface area is 329 Å². The zero-order valence-corrected chi connectivity index (χ0v) is 32.0. The molecular weight excluding hydrogens is 824 g/mol. The van der Waals surface area contributed by atoms with Crippen LogP contribution in [0.1, 0.15) is 59.3 Å². The summed E-state index contributed by atoms with van der Waals surface area (Å²) in [6.45, 7) is -0.422. The van der Waals surface area contributed by atoms with Gasteiger partial charge in [0, 0.05) is 43.5 Å². The smallest absolute Gasteiger partial charge is 0.293 e. The Bertz CT molecular complexity index is 2660. The van der Waals surface area contributed by atoms with Crippen molar-refractivity contribution in [2.45, 2.75) is 63.1 Å². The first kappa shape index (κ1) is 39.6. The first-order chi connectivity index (χ1) is 27.1. The Morgan fingerprint density at radius 1 is 1.07 bits per heavy atom. The highest BCUT2D eigenvalue weighted by Gasteiger charge is 2.67. The number of amidine groups is 1. The number of nitrogens with zero attached hydrogens (tertiary/aromatic N) is 6. The second-order valence-electron chi connectivity index (χ2n) is 14.7. The summed E-state index contributed by atoms with van der Waals surface area (Å²) in [6.07, 6.45) is -2.72. The number of carbonyl (C=O) groups is 1. The first-order valence-corrected chi connectivity index (χ1v) is 19.9. The molecule has 0 radical (unpaired) electrons. The number of aromatic nitrogens is 4. The number of amides is 1. The molecule has 1 amide bonds. The fourth-order valence-electron chi connectivity index (χ4n) is 7.93. The van der Waals surface area contributed by atoms with Gasteiger partial charge in [0.25, 0.3) is 18.3 Å². The molecule has 0 bridgehead atoms. The van der Waals surface area contributed by atoms with E-state index in [9.17, 15) is 39.6 Å². The van der Waals surface area contributed by atoms with E-state index in [-0.39, 0.29) is 63.0 Å². The zero-order valence-electron chi connectivity index (χ0n) is 30.5. The van der Waals surface area contributed by atoms with Crippen molar-refractivity contribution in [3.8, 4) is 0 Å². The first-order valence-electron chi connectivity index (χ1n) is 17.6. The molecule has 21 heteroatoms. The Morgan fingerprint density at radius 2 is 1.78 bits per heavy atom. The predicted octanol–water partition coefficient (Wildman–Crippen LogP) is 7.81. The van der Waals surface area contributed by atoms with E-state index in [1.165, 1.54) is 40.9 Å². The fraction of sp³-hybridized carbons (Fsp3) is 0.351. The zero-order chi connectivity index (χ0) is 41.8. The van der Waals surface area contributed by atoms with Crippen molar-refractivity contribution in [1.29, 1.82) is 0 Å². The molecule has 3 atom stereocenters. The quantitative estimate of drug-likeness (QED) is 0.131. The third kappa shape index (κ3) is 7.02. The number of rotatable bonds is 11. The van der Waals surface area contributed by atoms with Crippen LogP contribution >= 0.6 is 11.6 Å². The van der Waals surface area contributed by atoms with Crippen LogP contribution in [0.4, 0.5) is 52.3 Å². The number of hydrogen-bond acceptors (Lipinski definition) is 7. The third-order valence-corrected chi connectivity index (χ3v) is 11.3. The summed E-state index contributed by atoms with van der Waals surface area (Å²) in [7, 11) is -2.38. The van der Waals surface area contributed by atoms with E-state index in [0.717, 1.165) is 24.5 Å². The van der Waals surface area contributed by atoms with Crippen molar-refractivity contribution in [2.75, 3.05) is 15.9 Å². The van der Waals surface area contributed by atoms with Crippen LogP contribution in [0.25, 0.3) is 10.9 Å². The molecule has 0 spiro atoms. The molecule has 1 aliphatic heterocycles. The van der Waals surface area contributed by atoms with Crippen LogP contribution in [-0.4, -0.2) is 52.0 Å². The van der Waals surface area contributed by atoms with Crippen LogP contribution in [-0.2, 0) is 53.2 Å². The van der Waals surface area contributed by atoms with E-state index in [1.807, 2.05) is 0 Å². The van der Waals surface area contributed by atoms with Gasteiger partial charge in [-0.3, -0.25) is 18.9 Å². The Morgan fingerprint density at radius 3 is 2.43 bits per heavy atom. The Balaban J connectivity index is 1.27. The number of sulfonamides is 1. The van der Waals surface area contributed by atoms with Crippen molar-refractivity contribution < 1.29 is 48.3 Å². The molecule has 3 aromatic carbocycles. The Kier molecular flexibility index (Phi) is 9.33. The van der Waals surface area contributed by atoms with Crippen LogP contribution in [0.2, 0.25) is 5.02 Å². The topological polar surface area (TPSA) is 127 Å². The highest BCUT2D eigenvalue weighted by Crippen LogP contribution is 2.68. The van der Waals surface area contributed by atoms with E-state index >= 15 is 8.78 Å². The molecule has 3 aliphatic rings. The van der Waals surface area contributed by atoms with E-state index in [4.69, 9.17) is 16.6 Å². The third-order valence-electron chi connectivity index (χ3n) is 10.4. The largest absolute Gasteiger partial charge is 0.344 e. The number of aryl methyl sites for hydroxylation is 1. The minimum absolute atomic E-state index is 0.00681. The molecule has 306 valence electrons. The van der Waals surface area contributed by atoms with E-state index < -0.39 is 93.6 Å². The van der Waals surface area contributed by atoms with Crippen LogP contribution in [0.5, 0.6) is 0 Å². The number of hydrogen-bond donors (Lipinski definition) is 2. The maximum atomic E-state index is 15.4. The minimum Gasteiger partial charge on any atom is -0.344 e. The van der Waals surface area contributed by atoms with Gasteiger partial charge in [0.05, 0.1) is 46.1 Å². The molecule has 0 saturated heterocycles. The number of halogens is 9. The summed E-state index contributed by atoms with van der Waals surface area (Å²) in [5.41, 5.74) is -1.43. The summed E-state index contributed by atoms with van der Waals surface area (Å²) in [6, 6.07) is 7.86. The SMILES string of the molecule is Cn1nc(NS(C)(=O)=O)c2c(Cl)ccc(N3Cc4ccc(C(C)(F)F)cc4N=C3[C@H](Cc3cc(F)cc(F)c3)NC(=O)Cn3nc(C(F)F)c4c3C(F)(F)[C@@H]3C[C@H]43)c21. The van der Waals surface area contributed by atoms with Crippen molar-refractivity contribution in [3.05, 3.63) is 98.8 Å². The van der Waals surface area contributed by atoms with Gasteiger partial charge in [0.15, 0.2) is 5.82 Å². The van der Waals surface area contributed by atoms with Crippen molar-refractivity contribution in [2.24, 2.45) is 18.0 Å². The highest BCUT2D eigenvalue weighted by molar-refractivity contribution is 7.92. The molecule has 58 heavy (non-hydrogen) atoms. The Hall–Kier alpha value is -5.24. The molecule has 1 saturated carbocycles. The standard InChI is InChI=1S/C37H31ClF8N8O3S/c1-36(43,44)18-5-4-17-14-53(26-7-6-23(38)29-31(26)52(2)50-34(29)51-58(3,56)57)35(48-24(17)11-18)25(10-16-8-19(39)12-20(40)9-16)47-27(55)15-54-32-28(30(49-54)33(41)42)21-13-22(21)37(32,45)46/h4-9,11-12,21-22,25,33H,10,13-15H2,1-3H3,(H,47,55)(H,50,51)/t21-,22+,25-/m0/s1. The lowest BCUT2D eigenvalue weighted by Crippen LogP contribution is -2.51. The molecular formula is C37H31ClF8N8O3S. The lowest BCUT2D eigenvalue weighted by atomic mass is 9.99. The fourth-order valence-corrected chi connectivity index (χ4v) is 8.67.